The number of hydrogen-bond donors (Lipinski definition) is 2. The molecule has 46 heavy (non-hydrogen) atoms. The SMILES string of the molecule is CC(=O)c1nn(CC(=O)N2[C@H](C(=O)Nc3cc(-c4ccccc4O)cc(Br)n3)C[C@@]3(C)C[C@@H]23)c2ccc(-c3cnc(C)nc3)cc12. The Hall–Kier alpha value is -4.97. The summed E-state index contributed by atoms with van der Waals surface area (Å²) in [4.78, 5) is 54.9. The van der Waals surface area contributed by atoms with E-state index in [1.165, 1.54) is 6.92 Å². The number of halogens is 1. The molecule has 2 N–H and O–H groups in total. The molecule has 1 saturated heterocycles. The number of aryl methyl sites for hydroxylation is 1. The van der Waals surface area contributed by atoms with Crippen molar-refractivity contribution < 1.29 is 19.5 Å². The van der Waals surface area contributed by atoms with Crippen LogP contribution in [0.5, 0.6) is 5.75 Å². The van der Waals surface area contributed by atoms with Crippen molar-refractivity contribution in [2.24, 2.45) is 5.41 Å². The fraction of sp³-hybridized carbons (Fsp3) is 0.265. The molecular weight excluding hydrogens is 650 g/mol. The highest BCUT2D eigenvalue weighted by atomic mass is 79.9. The van der Waals surface area contributed by atoms with Crippen LogP contribution in [0.2, 0.25) is 0 Å². The summed E-state index contributed by atoms with van der Waals surface area (Å²) in [5, 5.41) is 18.4. The van der Waals surface area contributed by atoms with Gasteiger partial charge in [-0.3, -0.25) is 19.1 Å². The molecule has 2 fully saturated rings. The van der Waals surface area contributed by atoms with Gasteiger partial charge >= 0.3 is 0 Å². The number of aromatic nitrogens is 5. The molecule has 0 spiro atoms. The monoisotopic (exact) mass is 679 g/mol. The number of fused-ring (bicyclic) bond motifs is 2. The number of aromatic hydroxyl groups is 1. The third-order valence-electron chi connectivity index (χ3n) is 8.97. The van der Waals surface area contributed by atoms with Gasteiger partial charge < -0.3 is 15.3 Å². The van der Waals surface area contributed by atoms with E-state index in [0.29, 0.717) is 44.7 Å². The Morgan fingerprint density at radius 1 is 1.02 bits per heavy atom. The van der Waals surface area contributed by atoms with E-state index in [-0.39, 0.29) is 47.0 Å². The zero-order valence-corrected chi connectivity index (χ0v) is 26.9. The Bertz CT molecular complexity index is 2060. The summed E-state index contributed by atoms with van der Waals surface area (Å²) in [6.07, 6.45) is 4.80. The topological polar surface area (TPSA) is 143 Å². The zero-order chi connectivity index (χ0) is 32.3. The van der Waals surface area contributed by atoms with Gasteiger partial charge in [-0.1, -0.05) is 31.2 Å². The van der Waals surface area contributed by atoms with E-state index in [2.05, 4.69) is 48.2 Å². The van der Waals surface area contributed by atoms with Crippen LogP contribution in [0.15, 0.2) is 71.6 Å². The number of piperidine rings is 1. The number of nitrogens with zero attached hydrogens (tertiary/aromatic N) is 6. The molecule has 3 aromatic heterocycles. The molecule has 11 nitrogen and oxygen atoms in total. The average molecular weight is 681 g/mol. The van der Waals surface area contributed by atoms with Gasteiger partial charge in [0.2, 0.25) is 11.8 Å². The van der Waals surface area contributed by atoms with E-state index in [0.717, 1.165) is 17.5 Å². The second-order valence-corrected chi connectivity index (χ2v) is 13.1. The Balaban J connectivity index is 1.15. The molecule has 2 aliphatic rings. The summed E-state index contributed by atoms with van der Waals surface area (Å²) in [7, 11) is 0. The molecular formula is C34H30BrN7O4. The highest BCUT2D eigenvalue weighted by molar-refractivity contribution is 9.10. The van der Waals surface area contributed by atoms with Crippen molar-refractivity contribution in [3.8, 4) is 28.0 Å². The predicted molar refractivity (Wildman–Crippen MR) is 175 cm³/mol. The van der Waals surface area contributed by atoms with Gasteiger partial charge in [0, 0.05) is 41.9 Å². The van der Waals surface area contributed by atoms with Gasteiger partial charge in [-0.05, 0) is 82.6 Å². The van der Waals surface area contributed by atoms with Crippen LogP contribution >= 0.6 is 15.9 Å². The quantitative estimate of drug-likeness (QED) is 0.168. The van der Waals surface area contributed by atoms with E-state index < -0.39 is 6.04 Å². The summed E-state index contributed by atoms with van der Waals surface area (Å²) < 4.78 is 2.04. The molecule has 1 saturated carbocycles. The number of phenols is 1. The first-order valence-electron chi connectivity index (χ1n) is 14.9. The molecule has 12 heteroatoms. The maximum Gasteiger partial charge on any atom is 0.248 e. The summed E-state index contributed by atoms with van der Waals surface area (Å²) in [5.41, 5.74) is 3.67. The first-order valence-corrected chi connectivity index (χ1v) is 15.7. The third kappa shape index (κ3) is 5.32. The lowest BCUT2D eigenvalue weighted by molar-refractivity contribution is -0.138. The number of para-hydroxylation sites is 1. The first-order chi connectivity index (χ1) is 22.0. The van der Waals surface area contributed by atoms with Crippen LogP contribution in [0.4, 0.5) is 5.82 Å². The molecule has 4 heterocycles. The van der Waals surface area contributed by atoms with E-state index >= 15 is 0 Å². The predicted octanol–water partition coefficient (Wildman–Crippen LogP) is 5.55. The zero-order valence-electron chi connectivity index (χ0n) is 25.4. The van der Waals surface area contributed by atoms with Crippen LogP contribution in [-0.4, -0.2) is 64.4 Å². The second-order valence-electron chi connectivity index (χ2n) is 12.3. The van der Waals surface area contributed by atoms with Gasteiger partial charge in [0.15, 0.2) is 5.78 Å². The van der Waals surface area contributed by atoms with Gasteiger partial charge in [-0.25, -0.2) is 15.0 Å². The van der Waals surface area contributed by atoms with Crippen LogP contribution in [0.3, 0.4) is 0 Å². The number of carbonyl (C=O) groups is 3. The Morgan fingerprint density at radius 3 is 2.52 bits per heavy atom. The summed E-state index contributed by atoms with van der Waals surface area (Å²) in [5.74, 6) is 0.264. The maximum atomic E-state index is 14.0. The molecule has 3 atom stereocenters. The Kier molecular flexibility index (Phi) is 7.19. The highest BCUT2D eigenvalue weighted by Gasteiger charge is 2.64. The molecule has 0 bridgehead atoms. The molecule has 7 rings (SSSR count). The molecule has 1 aliphatic carbocycles. The smallest absolute Gasteiger partial charge is 0.248 e. The van der Waals surface area contributed by atoms with Crippen LogP contribution in [-0.2, 0) is 16.1 Å². The normalized spacial score (nSPS) is 20.0. The number of anilines is 1. The summed E-state index contributed by atoms with van der Waals surface area (Å²) >= 11 is 3.41. The molecule has 232 valence electrons. The van der Waals surface area contributed by atoms with Crippen molar-refractivity contribution in [1.29, 1.82) is 0 Å². The standard InChI is InChI=1S/C34H30BrN7O4/c1-18(43)32-24-10-20(22-15-36-19(2)37-16-22)8-9-25(24)41(40-32)17-31(45)42-26(13-34(3)14-28(34)42)33(46)39-30-12-21(11-29(35)38-30)23-6-4-5-7-27(23)44/h4-12,15-16,26,28,44H,13-14,17H2,1-3H3,(H,38,39,46)/t26-,28+,34-/m0/s1. The number of pyridine rings is 1. The van der Waals surface area contributed by atoms with Gasteiger partial charge in [-0.15, -0.1) is 0 Å². The maximum absolute atomic E-state index is 14.0. The van der Waals surface area contributed by atoms with Crippen LogP contribution in [0.25, 0.3) is 33.2 Å². The number of amides is 2. The van der Waals surface area contributed by atoms with E-state index in [9.17, 15) is 19.5 Å². The van der Waals surface area contributed by atoms with Crippen molar-refractivity contribution >= 4 is 50.2 Å². The fourth-order valence-corrected chi connectivity index (χ4v) is 6.93. The van der Waals surface area contributed by atoms with E-state index in [4.69, 9.17) is 0 Å². The first kappa shape index (κ1) is 29.7. The molecule has 5 aromatic rings. The van der Waals surface area contributed by atoms with Crippen molar-refractivity contribution in [3.63, 3.8) is 0 Å². The molecule has 0 radical (unpaired) electrons. The lowest BCUT2D eigenvalue weighted by Gasteiger charge is -2.27. The second kappa shape index (κ2) is 11.1. The van der Waals surface area contributed by atoms with Gasteiger partial charge in [0.1, 0.15) is 40.3 Å². The number of benzene rings is 2. The van der Waals surface area contributed by atoms with E-state index in [1.807, 2.05) is 31.2 Å². The third-order valence-corrected chi connectivity index (χ3v) is 9.38. The van der Waals surface area contributed by atoms with Crippen molar-refractivity contribution in [1.82, 2.24) is 29.6 Å². The van der Waals surface area contributed by atoms with Crippen LogP contribution < -0.4 is 5.32 Å². The lowest BCUT2D eigenvalue weighted by atomic mass is 10.0. The number of carbonyl (C=O) groups excluding carboxylic acids is 3. The number of rotatable bonds is 7. The number of nitrogens with one attached hydrogen (secondary N) is 1. The lowest BCUT2D eigenvalue weighted by Crippen LogP contribution is -2.46. The largest absolute Gasteiger partial charge is 0.507 e. The van der Waals surface area contributed by atoms with Crippen molar-refractivity contribution in [3.05, 3.63) is 83.1 Å². The minimum absolute atomic E-state index is 0.0645. The summed E-state index contributed by atoms with van der Waals surface area (Å²) in [6.45, 7) is 5.23. The number of phenolic OH excluding ortho intramolecular Hbond substituents is 1. The van der Waals surface area contributed by atoms with Gasteiger partial charge in [0.25, 0.3) is 0 Å². The Labute approximate surface area is 272 Å². The average Bonchev–Trinajstić information content (AvgIpc) is 3.38. The number of Topliss-reactive ketones (excluding diaryl/α,β-unsaturated/α-hetero) is 1. The number of likely N-dealkylation sites (tertiary alicyclic amines) is 1. The van der Waals surface area contributed by atoms with Crippen molar-refractivity contribution in [2.45, 2.75) is 52.2 Å². The van der Waals surface area contributed by atoms with Crippen LogP contribution in [0, 0.1) is 12.3 Å². The minimum atomic E-state index is -0.701. The van der Waals surface area contributed by atoms with Gasteiger partial charge in [-0.2, -0.15) is 5.10 Å². The van der Waals surface area contributed by atoms with Crippen LogP contribution in [0.1, 0.15) is 43.0 Å². The molecule has 0 unspecified atom stereocenters. The van der Waals surface area contributed by atoms with Gasteiger partial charge in [0.05, 0.1) is 5.52 Å². The molecule has 2 amide bonds. The molecule has 1 aliphatic heterocycles. The Morgan fingerprint density at radius 2 is 1.78 bits per heavy atom. The minimum Gasteiger partial charge on any atom is -0.507 e. The molecule has 2 aromatic carbocycles. The van der Waals surface area contributed by atoms with E-state index in [1.54, 1.807) is 52.3 Å². The number of hydrogen-bond acceptors (Lipinski definition) is 8. The fourth-order valence-electron chi connectivity index (χ4n) is 6.49. The number of ketones is 1. The highest BCUT2D eigenvalue weighted by Crippen LogP contribution is 2.59. The summed E-state index contributed by atoms with van der Waals surface area (Å²) in [6, 6.07) is 15.2. The van der Waals surface area contributed by atoms with Crippen molar-refractivity contribution in [2.75, 3.05) is 5.32 Å².